The van der Waals surface area contributed by atoms with Crippen molar-refractivity contribution in [3.05, 3.63) is 16.7 Å². The first-order chi connectivity index (χ1) is 8.15. The summed E-state index contributed by atoms with van der Waals surface area (Å²) in [5, 5.41) is 0. The molecular weight excluding hydrogens is 341 g/mol. The summed E-state index contributed by atoms with van der Waals surface area (Å²) < 4.78 is 60.9. The average molecular weight is 349 g/mol. The maximum absolute atomic E-state index is 12.0. The SMILES string of the molecule is NNc1ncc(Br)cc1S(=O)(=O)NCC(F)(F)F. The molecule has 102 valence electrons. The number of nitrogen functional groups attached to an aromatic ring is 1. The van der Waals surface area contributed by atoms with Crippen molar-refractivity contribution in [2.24, 2.45) is 5.84 Å². The largest absolute Gasteiger partial charge is 0.402 e. The average Bonchev–Trinajstić information content (AvgIpc) is 2.26. The van der Waals surface area contributed by atoms with Gasteiger partial charge in [0.25, 0.3) is 0 Å². The summed E-state index contributed by atoms with van der Waals surface area (Å²) in [5.74, 6) is 4.78. The van der Waals surface area contributed by atoms with Crippen LogP contribution in [0.5, 0.6) is 0 Å². The van der Waals surface area contributed by atoms with Crippen molar-refractivity contribution in [3.63, 3.8) is 0 Å². The van der Waals surface area contributed by atoms with Crippen molar-refractivity contribution in [2.45, 2.75) is 11.1 Å². The molecule has 18 heavy (non-hydrogen) atoms. The molecule has 0 aliphatic carbocycles. The van der Waals surface area contributed by atoms with Crippen LogP contribution in [0.3, 0.4) is 0 Å². The van der Waals surface area contributed by atoms with Crippen molar-refractivity contribution in [2.75, 3.05) is 12.0 Å². The van der Waals surface area contributed by atoms with Crippen LogP contribution < -0.4 is 16.0 Å². The number of rotatable bonds is 4. The standard InChI is InChI=1S/C7H8BrF3N4O2S/c8-4-1-5(6(15-12)13-2-4)18(16,17)14-3-7(9,10)11/h1-2,14H,3,12H2,(H,13,15). The first kappa shape index (κ1) is 15.1. The molecule has 0 spiro atoms. The van der Waals surface area contributed by atoms with E-state index < -0.39 is 27.6 Å². The van der Waals surface area contributed by atoms with Gasteiger partial charge in [-0.15, -0.1) is 0 Å². The van der Waals surface area contributed by atoms with Crippen LogP contribution in [0.2, 0.25) is 0 Å². The van der Waals surface area contributed by atoms with Crippen LogP contribution in [0.1, 0.15) is 0 Å². The van der Waals surface area contributed by atoms with E-state index >= 15 is 0 Å². The highest BCUT2D eigenvalue weighted by Crippen LogP contribution is 2.23. The van der Waals surface area contributed by atoms with E-state index in [-0.39, 0.29) is 10.3 Å². The second-order valence-electron chi connectivity index (χ2n) is 3.08. The molecule has 0 unspecified atom stereocenters. The van der Waals surface area contributed by atoms with Gasteiger partial charge in [-0.25, -0.2) is 24.0 Å². The predicted molar refractivity (Wildman–Crippen MR) is 61.0 cm³/mol. The molecule has 1 heterocycles. The van der Waals surface area contributed by atoms with Crippen LogP contribution in [0, 0.1) is 0 Å². The number of aromatic nitrogens is 1. The number of halogens is 4. The number of hydrogen-bond acceptors (Lipinski definition) is 5. The van der Waals surface area contributed by atoms with E-state index in [0.29, 0.717) is 0 Å². The number of nitrogens with one attached hydrogen (secondary N) is 2. The molecule has 0 amide bonds. The van der Waals surface area contributed by atoms with Gasteiger partial charge in [-0.2, -0.15) is 13.2 Å². The van der Waals surface area contributed by atoms with Crippen molar-refractivity contribution in [1.82, 2.24) is 9.71 Å². The molecule has 0 radical (unpaired) electrons. The van der Waals surface area contributed by atoms with Gasteiger partial charge in [-0.1, -0.05) is 0 Å². The molecule has 1 rings (SSSR count). The zero-order chi connectivity index (χ0) is 14.0. The fraction of sp³-hybridized carbons (Fsp3) is 0.286. The Hall–Kier alpha value is -0.910. The molecular formula is C7H8BrF3N4O2S. The van der Waals surface area contributed by atoms with Crippen LogP contribution in [-0.4, -0.2) is 26.1 Å². The summed E-state index contributed by atoms with van der Waals surface area (Å²) >= 11 is 2.96. The van der Waals surface area contributed by atoms with Gasteiger partial charge in [0.1, 0.15) is 11.4 Å². The third-order valence-corrected chi connectivity index (χ3v) is 3.56. The van der Waals surface area contributed by atoms with Crippen molar-refractivity contribution in [1.29, 1.82) is 0 Å². The molecule has 0 atom stereocenters. The molecule has 0 bridgehead atoms. The zero-order valence-corrected chi connectivity index (χ0v) is 11.0. The minimum Gasteiger partial charge on any atom is -0.307 e. The lowest BCUT2D eigenvalue weighted by atomic mass is 10.5. The van der Waals surface area contributed by atoms with Gasteiger partial charge in [-0.05, 0) is 22.0 Å². The predicted octanol–water partition coefficient (Wildman–Crippen LogP) is 0.970. The molecule has 0 saturated carbocycles. The van der Waals surface area contributed by atoms with Crippen LogP contribution >= 0.6 is 15.9 Å². The maximum Gasteiger partial charge on any atom is 0.402 e. The summed E-state index contributed by atoms with van der Waals surface area (Å²) in [4.78, 5) is 3.14. The van der Waals surface area contributed by atoms with E-state index in [1.807, 2.05) is 5.43 Å². The smallest absolute Gasteiger partial charge is 0.307 e. The van der Waals surface area contributed by atoms with Gasteiger partial charge in [-0.3, -0.25) is 0 Å². The number of hydrazine groups is 1. The summed E-state index contributed by atoms with van der Waals surface area (Å²) in [6.07, 6.45) is -3.40. The third-order valence-electron chi connectivity index (χ3n) is 1.71. The number of hydrogen-bond donors (Lipinski definition) is 3. The van der Waals surface area contributed by atoms with Crippen molar-refractivity contribution < 1.29 is 21.6 Å². The fourth-order valence-corrected chi connectivity index (χ4v) is 2.63. The van der Waals surface area contributed by atoms with Crippen LogP contribution in [0.15, 0.2) is 21.6 Å². The highest BCUT2D eigenvalue weighted by atomic mass is 79.9. The van der Waals surface area contributed by atoms with E-state index in [2.05, 4.69) is 20.9 Å². The Morgan fingerprint density at radius 1 is 1.44 bits per heavy atom. The minimum absolute atomic E-state index is 0.257. The minimum atomic E-state index is -4.65. The topological polar surface area (TPSA) is 97.1 Å². The van der Waals surface area contributed by atoms with Gasteiger partial charge < -0.3 is 5.43 Å². The van der Waals surface area contributed by atoms with E-state index in [4.69, 9.17) is 5.84 Å². The Balaban J connectivity index is 3.08. The fourth-order valence-electron chi connectivity index (χ4n) is 0.989. The van der Waals surface area contributed by atoms with Gasteiger partial charge >= 0.3 is 6.18 Å². The molecule has 0 fully saturated rings. The first-order valence-corrected chi connectivity index (χ1v) is 6.62. The molecule has 11 heteroatoms. The molecule has 1 aromatic heterocycles. The second kappa shape index (κ2) is 5.38. The third kappa shape index (κ3) is 4.08. The van der Waals surface area contributed by atoms with E-state index in [1.54, 1.807) is 0 Å². The quantitative estimate of drug-likeness (QED) is 0.556. The normalized spacial score (nSPS) is 12.5. The summed E-state index contributed by atoms with van der Waals surface area (Å²) in [7, 11) is -4.36. The zero-order valence-electron chi connectivity index (χ0n) is 8.62. The maximum atomic E-state index is 12.0. The number of sulfonamides is 1. The summed E-state index contributed by atoms with van der Waals surface area (Å²) in [5.41, 5.74) is 1.99. The van der Waals surface area contributed by atoms with E-state index in [9.17, 15) is 21.6 Å². The monoisotopic (exact) mass is 348 g/mol. The number of anilines is 1. The highest BCUT2D eigenvalue weighted by Gasteiger charge is 2.31. The lowest BCUT2D eigenvalue weighted by Gasteiger charge is -2.12. The molecule has 0 aliphatic heterocycles. The van der Waals surface area contributed by atoms with Gasteiger partial charge in [0.15, 0.2) is 5.82 Å². The summed E-state index contributed by atoms with van der Waals surface area (Å²) in [6, 6.07) is 1.08. The number of alkyl halides is 3. The van der Waals surface area contributed by atoms with Crippen LogP contribution in [-0.2, 0) is 10.0 Å². The number of nitrogens with two attached hydrogens (primary N) is 1. The summed E-state index contributed by atoms with van der Waals surface area (Å²) in [6.45, 7) is -1.67. The Morgan fingerprint density at radius 3 is 2.56 bits per heavy atom. The molecule has 4 N–H and O–H groups in total. The van der Waals surface area contributed by atoms with E-state index in [1.165, 1.54) is 10.9 Å². The Morgan fingerprint density at radius 2 is 2.06 bits per heavy atom. The Labute approximate surface area is 109 Å². The molecule has 0 aliphatic rings. The first-order valence-electron chi connectivity index (χ1n) is 4.34. The molecule has 6 nitrogen and oxygen atoms in total. The van der Waals surface area contributed by atoms with Crippen molar-refractivity contribution in [3.8, 4) is 0 Å². The lowest BCUT2D eigenvalue weighted by Crippen LogP contribution is -2.34. The van der Waals surface area contributed by atoms with Crippen molar-refractivity contribution >= 4 is 31.8 Å². The number of nitrogens with zero attached hydrogens (tertiary/aromatic N) is 1. The van der Waals surface area contributed by atoms with Crippen LogP contribution in [0.25, 0.3) is 0 Å². The highest BCUT2D eigenvalue weighted by molar-refractivity contribution is 9.10. The Kier molecular flexibility index (Phi) is 4.53. The molecule has 0 saturated heterocycles. The molecule has 0 aromatic carbocycles. The second-order valence-corrected chi connectivity index (χ2v) is 5.74. The van der Waals surface area contributed by atoms with Gasteiger partial charge in [0.05, 0.1) is 0 Å². The van der Waals surface area contributed by atoms with E-state index in [0.717, 1.165) is 6.07 Å². The van der Waals surface area contributed by atoms with Gasteiger partial charge in [0, 0.05) is 10.7 Å². The number of pyridine rings is 1. The van der Waals surface area contributed by atoms with Crippen LogP contribution in [0.4, 0.5) is 19.0 Å². The van der Waals surface area contributed by atoms with Gasteiger partial charge in [0.2, 0.25) is 10.0 Å². The lowest BCUT2D eigenvalue weighted by molar-refractivity contribution is -0.121. The molecule has 1 aromatic rings. The Bertz CT molecular complexity index is 534.